The Bertz CT molecular complexity index is 384. The first-order valence-electron chi connectivity index (χ1n) is 6.02. The fourth-order valence-corrected chi connectivity index (χ4v) is 2.78. The Morgan fingerprint density at radius 2 is 2.12 bits per heavy atom. The molecule has 1 aromatic carbocycles. The number of hydrogen-bond acceptors (Lipinski definition) is 1. The first kappa shape index (κ1) is 12.0. The molecule has 2 heteroatoms. The summed E-state index contributed by atoms with van der Waals surface area (Å²) in [6.07, 6.45) is 3.97. The highest BCUT2D eigenvalue weighted by atomic mass is 79.9. The van der Waals surface area contributed by atoms with Crippen molar-refractivity contribution < 1.29 is 0 Å². The second kappa shape index (κ2) is 4.40. The van der Waals surface area contributed by atoms with Gasteiger partial charge in [-0.3, -0.25) is 0 Å². The van der Waals surface area contributed by atoms with Crippen LogP contribution in [0.3, 0.4) is 0 Å². The molecular weight excluding hydrogens is 262 g/mol. The van der Waals surface area contributed by atoms with Crippen LogP contribution < -0.4 is 5.32 Å². The van der Waals surface area contributed by atoms with E-state index in [1.54, 1.807) is 0 Å². The molecule has 0 spiro atoms. The second-order valence-corrected chi connectivity index (χ2v) is 6.40. The first-order chi connectivity index (χ1) is 7.49. The zero-order valence-electron chi connectivity index (χ0n) is 10.3. The van der Waals surface area contributed by atoms with E-state index in [9.17, 15) is 0 Å². The van der Waals surface area contributed by atoms with E-state index >= 15 is 0 Å². The van der Waals surface area contributed by atoms with Crippen LogP contribution >= 0.6 is 15.9 Å². The Hall–Kier alpha value is -0.500. The number of halogens is 1. The zero-order chi connectivity index (χ0) is 11.8. The molecule has 1 nitrogen and oxygen atoms in total. The van der Waals surface area contributed by atoms with Crippen LogP contribution in [0, 0.1) is 12.3 Å². The number of benzene rings is 1. The predicted octanol–water partition coefficient (Wildman–Crippen LogP) is 4.75. The number of nitrogens with one attached hydrogen (secondary N) is 1. The molecule has 2 rings (SSSR count). The van der Waals surface area contributed by atoms with Crippen LogP contribution in [0.1, 0.15) is 38.7 Å². The average molecular weight is 282 g/mol. The monoisotopic (exact) mass is 281 g/mol. The third kappa shape index (κ3) is 2.42. The third-order valence-corrected chi connectivity index (χ3v) is 4.65. The molecule has 1 unspecified atom stereocenters. The predicted molar refractivity (Wildman–Crippen MR) is 73.9 cm³/mol. The number of anilines is 1. The fourth-order valence-electron chi connectivity index (χ4n) is 2.53. The molecule has 0 radical (unpaired) electrons. The molecule has 1 aromatic rings. The summed E-state index contributed by atoms with van der Waals surface area (Å²) in [4.78, 5) is 0. The van der Waals surface area contributed by atoms with Gasteiger partial charge in [-0.15, -0.1) is 0 Å². The largest absolute Gasteiger partial charge is 0.382 e. The van der Waals surface area contributed by atoms with E-state index in [0.717, 1.165) is 0 Å². The molecule has 1 saturated carbocycles. The van der Waals surface area contributed by atoms with Gasteiger partial charge in [0.05, 0.1) is 0 Å². The summed E-state index contributed by atoms with van der Waals surface area (Å²) in [6, 6.07) is 7.12. The molecule has 16 heavy (non-hydrogen) atoms. The van der Waals surface area contributed by atoms with Crippen molar-refractivity contribution in [1.82, 2.24) is 0 Å². The van der Waals surface area contributed by atoms with Gasteiger partial charge in [-0.05, 0) is 48.9 Å². The van der Waals surface area contributed by atoms with Crippen LogP contribution in [0.5, 0.6) is 0 Å². The lowest BCUT2D eigenvalue weighted by Crippen LogP contribution is -2.30. The van der Waals surface area contributed by atoms with Crippen LogP contribution in [-0.4, -0.2) is 6.04 Å². The molecule has 0 amide bonds. The van der Waals surface area contributed by atoms with Crippen molar-refractivity contribution in [2.75, 3.05) is 5.32 Å². The Kier molecular flexibility index (Phi) is 3.29. The lowest BCUT2D eigenvalue weighted by molar-refractivity contribution is 0.350. The fraction of sp³-hybridized carbons (Fsp3) is 0.571. The molecule has 0 aromatic heterocycles. The first-order valence-corrected chi connectivity index (χ1v) is 6.81. The summed E-state index contributed by atoms with van der Waals surface area (Å²) in [5.41, 5.74) is 2.97. The van der Waals surface area contributed by atoms with Gasteiger partial charge in [0.1, 0.15) is 0 Å². The molecular formula is C14H20BrN. The smallest absolute Gasteiger partial charge is 0.0345 e. The lowest BCUT2D eigenvalue weighted by atomic mass is 9.87. The molecule has 0 bridgehead atoms. The van der Waals surface area contributed by atoms with Crippen molar-refractivity contribution >= 4 is 21.6 Å². The van der Waals surface area contributed by atoms with Crippen molar-refractivity contribution in [3.05, 3.63) is 28.2 Å². The van der Waals surface area contributed by atoms with E-state index in [1.165, 1.54) is 35.0 Å². The SMILES string of the molecule is Cc1cc(NC2CCCC2(C)C)ccc1Br. The summed E-state index contributed by atoms with van der Waals surface area (Å²) in [5.74, 6) is 0. The average Bonchev–Trinajstić information content (AvgIpc) is 2.52. The third-order valence-electron chi connectivity index (χ3n) is 3.76. The standard InChI is InChI=1S/C14H20BrN/c1-10-9-11(6-7-12(10)15)16-13-5-4-8-14(13,2)3/h6-7,9,13,16H,4-5,8H2,1-3H3. The molecule has 1 aliphatic carbocycles. The van der Waals surface area contributed by atoms with Crippen molar-refractivity contribution in [2.45, 2.75) is 46.1 Å². The highest BCUT2D eigenvalue weighted by Gasteiger charge is 2.34. The quantitative estimate of drug-likeness (QED) is 0.825. The van der Waals surface area contributed by atoms with Gasteiger partial charge in [0.25, 0.3) is 0 Å². The van der Waals surface area contributed by atoms with Crippen molar-refractivity contribution in [2.24, 2.45) is 5.41 Å². The van der Waals surface area contributed by atoms with E-state index < -0.39 is 0 Å². The Balaban J connectivity index is 2.12. The van der Waals surface area contributed by atoms with E-state index in [4.69, 9.17) is 0 Å². The zero-order valence-corrected chi connectivity index (χ0v) is 11.9. The molecule has 0 aliphatic heterocycles. The van der Waals surface area contributed by atoms with Crippen LogP contribution in [0.4, 0.5) is 5.69 Å². The molecule has 88 valence electrons. The van der Waals surface area contributed by atoms with Crippen molar-refractivity contribution in [3.63, 3.8) is 0 Å². The normalized spacial score (nSPS) is 23.4. The van der Waals surface area contributed by atoms with Gasteiger partial charge in [-0.1, -0.05) is 36.2 Å². The number of rotatable bonds is 2. The summed E-state index contributed by atoms with van der Waals surface area (Å²) in [6.45, 7) is 6.86. The Morgan fingerprint density at radius 3 is 2.69 bits per heavy atom. The lowest BCUT2D eigenvalue weighted by Gasteiger charge is -2.29. The highest BCUT2D eigenvalue weighted by Crippen LogP contribution is 2.39. The van der Waals surface area contributed by atoms with Gasteiger partial charge >= 0.3 is 0 Å². The van der Waals surface area contributed by atoms with Crippen molar-refractivity contribution in [3.8, 4) is 0 Å². The molecule has 0 heterocycles. The maximum atomic E-state index is 3.68. The molecule has 0 saturated heterocycles. The van der Waals surface area contributed by atoms with Gasteiger partial charge in [0.15, 0.2) is 0 Å². The molecule has 1 aliphatic rings. The van der Waals surface area contributed by atoms with E-state index in [1.807, 2.05) is 0 Å². The maximum Gasteiger partial charge on any atom is 0.0345 e. The van der Waals surface area contributed by atoms with Crippen LogP contribution in [0.2, 0.25) is 0 Å². The minimum Gasteiger partial charge on any atom is -0.382 e. The number of hydrogen-bond donors (Lipinski definition) is 1. The van der Waals surface area contributed by atoms with Gasteiger partial charge in [-0.2, -0.15) is 0 Å². The topological polar surface area (TPSA) is 12.0 Å². The minimum atomic E-state index is 0.432. The molecule has 1 fully saturated rings. The maximum absolute atomic E-state index is 3.68. The highest BCUT2D eigenvalue weighted by molar-refractivity contribution is 9.10. The van der Waals surface area contributed by atoms with E-state index in [-0.39, 0.29) is 0 Å². The van der Waals surface area contributed by atoms with Gasteiger partial charge in [0, 0.05) is 16.2 Å². The van der Waals surface area contributed by atoms with Crippen molar-refractivity contribution in [1.29, 1.82) is 0 Å². The van der Waals surface area contributed by atoms with Crippen LogP contribution in [-0.2, 0) is 0 Å². The Morgan fingerprint density at radius 1 is 1.38 bits per heavy atom. The number of aryl methyl sites for hydroxylation is 1. The summed E-state index contributed by atoms with van der Waals surface area (Å²) in [7, 11) is 0. The second-order valence-electron chi connectivity index (χ2n) is 5.54. The van der Waals surface area contributed by atoms with E-state index in [0.29, 0.717) is 11.5 Å². The van der Waals surface area contributed by atoms with Crippen LogP contribution in [0.25, 0.3) is 0 Å². The van der Waals surface area contributed by atoms with Gasteiger partial charge in [0.2, 0.25) is 0 Å². The van der Waals surface area contributed by atoms with E-state index in [2.05, 4.69) is 60.2 Å². The van der Waals surface area contributed by atoms with Gasteiger partial charge in [-0.25, -0.2) is 0 Å². The molecule has 1 atom stereocenters. The summed E-state index contributed by atoms with van der Waals surface area (Å²) < 4.78 is 1.18. The van der Waals surface area contributed by atoms with Gasteiger partial charge < -0.3 is 5.32 Å². The molecule has 1 N–H and O–H groups in total. The van der Waals surface area contributed by atoms with Crippen LogP contribution in [0.15, 0.2) is 22.7 Å². The summed E-state index contributed by atoms with van der Waals surface area (Å²) in [5, 5.41) is 3.68. The Labute approximate surface area is 107 Å². The summed E-state index contributed by atoms with van der Waals surface area (Å²) >= 11 is 3.54. The minimum absolute atomic E-state index is 0.432.